The van der Waals surface area contributed by atoms with Crippen LogP contribution in [0.25, 0.3) is 0 Å². The zero-order valence-corrected chi connectivity index (χ0v) is 14.0. The SMILES string of the molecule is CCOc1ccnc(CCNC(=S)Nc2ccc(C#N)cc2)c1F. The van der Waals surface area contributed by atoms with Crippen molar-refractivity contribution in [1.82, 2.24) is 10.3 Å². The molecule has 2 aromatic rings. The zero-order chi connectivity index (χ0) is 17.4. The van der Waals surface area contributed by atoms with E-state index in [-0.39, 0.29) is 5.75 Å². The highest BCUT2D eigenvalue weighted by molar-refractivity contribution is 7.80. The van der Waals surface area contributed by atoms with E-state index in [0.717, 1.165) is 5.69 Å². The number of aromatic nitrogens is 1. The molecular formula is C17H17FN4OS. The number of anilines is 1. The van der Waals surface area contributed by atoms with Crippen LogP contribution in [0.2, 0.25) is 0 Å². The molecule has 0 aliphatic carbocycles. The molecular weight excluding hydrogens is 327 g/mol. The van der Waals surface area contributed by atoms with Gasteiger partial charge in [0.1, 0.15) is 0 Å². The fourth-order valence-corrected chi connectivity index (χ4v) is 2.23. The summed E-state index contributed by atoms with van der Waals surface area (Å²) in [7, 11) is 0. The van der Waals surface area contributed by atoms with Gasteiger partial charge in [0.05, 0.1) is 23.9 Å². The Balaban J connectivity index is 1.84. The summed E-state index contributed by atoms with van der Waals surface area (Å²) in [5.74, 6) is -0.229. The third-order valence-electron chi connectivity index (χ3n) is 3.15. The first-order valence-corrected chi connectivity index (χ1v) is 7.86. The minimum atomic E-state index is -0.438. The Morgan fingerprint density at radius 1 is 1.33 bits per heavy atom. The van der Waals surface area contributed by atoms with Crippen LogP contribution in [0, 0.1) is 17.1 Å². The standard InChI is InChI=1S/C17H17FN4OS/c1-2-23-15-8-10-20-14(16(15)18)7-9-21-17(24)22-13-5-3-12(11-19)4-6-13/h3-6,8,10H,2,7,9H2,1H3,(H2,21,22,24). The predicted molar refractivity (Wildman–Crippen MR) is 94.4 cm³/mol. The quantitative estimate of drug-likeness (QED) is 0.785. The van der Waals surface area contributed by atoms with Gasteiger partial charge < -0.3 is 15.4 Å². The molecule has 0 saturated heterocycles. The van der Waals surface area contributed by atoms with Gasteiger partial charge in [-0.2, -0.15) is 5.26 Å². The molecule has 7 heteroatoms. The number of thiocarbonyl (C=S) groups is 1. The molecule has 1 heterocycles. The molecule has 0 atom stereocenters. The molecule has 2 rings (SSSR count). The fraction of sp³-hybridized carbons (Fsp3) is 0.235. The van der Waals surface area contributed by atoms with Crippen molar-refractivity contribution >= 4 is 23.0 Å². The second-order valence-electron chi connectivity index (χ2n) is 4.82. The fourth-order valence-electron chi connectivity index (χ4n) is 2.01. The molecule has 0 saturated carbocycles. The molecule has 0 fully saturated rings. The maximum atomic E-state index is 14.1. The van der Waals surface area contributed by atoms with Crippen LogP contribution in [-0.4, -0.2) is 23.2 Å². The van der Waals surface area contributed by atoms with Crippen LogP contribution < -0.4 is 15.4 Å². The van der Waals surface area contributed by atoms with Gasteiger partial charge in [0, 0.05) is 30.9 Å². The summed E-state index contributed by atoms with van der Waals surface area (Å²) in [5, 5.41) is 15.2. The lowest BCUT2D eigenvalue weighted by Crippen LogP contribution is -2.30. The van der Waals surface area contributed by atoms with Crippen LogP contribution in [0.15, 0.2) is 36.5 Å². The highest BCUT2D eigenvalue weighted by Gasteiger charge is 2.10. The molecule has 0 amide bonds. The predicted octanol–water partition coefficient (Wildman–Crippen LogP) is 3.02. The normalized spacial score (nSPS) is 9.88. The Hall–Kier alpha value is -2.72. The second-order valence-corrected chi connectivity index (χ2v) is 5.23. The number of nitriles is 1. The number of halogens is 1. The lowest BCUT2D eigenvalue weighted by atomic mass is 10.2. The molecule has 124 valence electrons. The molecule has 0 aliphatic heterocycles. The molecule has 24 heavy (non-hydrogen) atoms. The Morgan fingerprint density at radius 3 is 2.75 bits per heavy atom. The van der Waals surface area contributed by atoms with Crippen molar-refractivity contribution < 1.29 is 9.13 Å². The van der Waals surface area contributed by atoms with E-state index in [1.165, 1.54) is 12.3 Å². The molecule has 0 spiro atoms. The maximum Gasteiger partial charge on any atom is 0.186 e. The first kappa shape index (κ1) is 17.6. The number of benzene rings is 1. The summed E-state index contributed by atoms with van der Waals surface area (Å²) in [6.45, 7) is 2.63. The zero-order valence-electron chi connectivity index (χ0n) is 13.2. The number of hydrogen-bond acceptors (Lipinski definition) is 4. The molecule has 0 radical (unpaired) electrons. The molecule has 0 aliphatic rings. The van der Waals surface area contributed by atoms with E-state index in [2.05, 4.69) is 15.6 Å². The van der Waals surface area contributed by atoms with Gasteiger partial charge in [0.25, 0.3) is 0 Å². The number of nitrogens with zero attached hydrogens (tertiary/aromatic N) is 2. The first-order valence-electron chi connectivity index (χ1n) is 7.45. The molecule has 1 aromatic heterocycles. The molecule has 1 aromatic carbocycles. The van der Waals surface area contributed by atoms with Gasteiger partial charge in [0.15, 0.2) is 16.7 Å². The Kier molecular flexibility index (Phi) is 6.46. The Labute approximate surface area is 145 Å². The average Bonchev–Trinajstić information content (AvgIpc) is 2.59. The number of hydrogen-bond donors (Lipinski definition) is 2. The topological polar surface area (TPSA) is 70.0 Å². The van der Waals surface area contributed by atoms with Crippen LogP contribution in [0.5, 0.6) is 5.75 Å². The molecule has 5 nitrogen and oxygen atoms in total. The summed E-state index contributed by atoms with van der Waals surface area (Å²) in [6, 6.07) is 10.5. The van der Waals surface area contributed by atoms with Gasteiger partial charge in [0.2, 0.25) is 0 Å². The Bertz CT molecular complexity index is 743. The van der Waals surface area contributed by atoms with E-state index in [9.17, 15) is 4.39 Å². The molecule has 0 unspecified atom stereocenters. The van der Waals surface area contributed by atoms with Crippen LogP contribution in [-0.2, 0) is 6.42 Å². The molecule has 0 bridgehead atoms. The Morgan fingerprint density at radius 2 is 2.08 bits per heavy atom. The highest BCUT2D eigenvalue weighted by Crippen LogP contribution is 2.18. The molecule has 2 N–H and O–H groups in total. The van der Waals surface area contributed by atoms with Crippen LogP contribution in [0.1, 0.15) is 18.2 Å². The minimum absolute atomic E-state index is 0.209. The summed E-state index contributed by atoms with van der Waals surface area (Å²) in [4.78, 5) is 4.03. The van der Waals surface area contributed by atoms with Gasteiger partial charge in [-0.25, -0.2) is 4.39 Å². The van der Waals surface area contributed by atoms with Crippen molar-refractivity contribution in [3.05, 3.63) is 53.6 Å². The van der Waals surface area contributed by atoms with Crippen molar-refractivity contribution in [2.45, 2.75) is 13.3 Å². The van der Waals surface area contributed by atoms with Gasteiger partial charge in [-0.15, -0.1) is 0 Å². The maximum absolute atomic E-state index is 14.1. The van der Waals surface area contributed by atoms with Crippen LogP contribution in [0.4, 0.5) is 10.1 Å². The second kappa shape index (κ2) is 8.79. The lowest BCUT2D eigenvalue weighted by Gasteiger charge is -2.11. The number of rotatable bonds is 6. The third kappa shape index (κ3) is 4.89. The van der Waals surface area contributed by atoms with E-state index in [4.69, 9.17) is 22.2 Å². The smallest absolute Gasteiger partial charge is 0.186 e. The summed E-state index contributed by atoms with van der Waals surface area (Å²) in [5.41, 5.74) is 1.68. The largest absolute Gasteiger partial charge is 0.491 e. The van der Waals surface area contributed by atoms with Crippen molar-refractivity contribution in [2.24, 2.45) is 0 Å². The number of pyridine rings is 1. The van der Waals surface area contributed by atoms with Crippen molar-refractivity contribution in [3.8, 4) is 11.8 Å². The average molecular weight is 344 g/mol. The van der Waals surface area contributed by atoms with E-state index < -0.39 is 5.82 Å². The summed E-state index contributed by atoms with van der Waals surface area (Å²) >= 11 is 5.19. The van der Waals surface area contributed by atoms with Gasteiger partial charge >= 0.3 is 0 Å². The summed E-state index contributed by atoms with van der Waals surface area (Å²) < 4.78 is 19.3. The number of ether oxygens (including phenoxy) is 1. The number of nitrogens with one attached hydrogen (secondary N) is 2. The van der Waals surface area contributed by atoms with Gasteiger partial charge in [-0.1, -0.05) is 0 Å². The third-order valence-corrected chi connectivity index (χ3v) is 3.39. The van der Waals surface area contributed by atoms with E-state index in [1.54, 1.807) is 31.2 Å². The monoisotopic (exact) mass is 344 g/mol. The van der Waals surface area contributed by atoms with Gasteiger partial charge in [-0.3, -0.25) is 4.98 Å². The minimum Gasteiger partial charge on any atom is -0.491 e. The summed E-state index contributed by atoms with van der Waals surface area (Å²) in [6.07, 6.45) is 1.90. The van der Waals surface area contributed by atoms with Gasteiger partial charge in [-0.05, 0) is 43.4 Å². The van der Waals surface area contributed by atoms with E-state index in [1.807, 2.05) is 6.07 Å². The van der Waals surface area contributed by atoms with E-state index in [0.29, 0.717) is 35.9 Å². The van der Waals surface area contributed by atoms with Crippen molar-refractivity contribution in [3.63, 3.8) is 0 Å². The first-order chi connectivity index (χ1) is 11.6. The van der Waals surface area contributed by atoms with Crippen LogP contribution in [0.3, 0.4) is 0 Å². The van der Waals surface area contributed by atoms with Crippen molar-refractivity contribution in [2.75, 3.05) is 18.5 Å². The van der Waals surface area contributed by atoms with Crippen LogP contribution >= 0.6 is 12.2 Å². The van der Waals surface area contributed by atoms with E-state index >= 15 is 0 Å². The lowest BCUT2D eigenvalue weighted by molar-refractivity contribution is 0.319. The van der Waals surface area contributed by atoms with Crippen molar-refractivity contribution in [1.29, 1.82) is 5.26 Å². The highest BCUT2D eigenvalue weighted by atomic mass is 32.1.